The van der Waals surface area contributed by atoms with Gasteiger partial charge in [-0.3, -0.25) is 33.6 Å². The molecule has 380 valence electrons. The number of nitrogens with two attached hydrogens (primary N) is 1. The quantitative estimate of drug-likeness (QED) is 0.0989. The second-order valence-corrected chi connectivity index (χ2v) is 19.8. The van der Waals surface area contributed by atoms with Gasteiger partial charge in [0.1, 0.15) is 47.4 Å². The molecule has 2 aliphatic heterocycles. The molecule has 4 N–H and O–H groups in total. The lowest BCUT2D eigenvalue weighted by molar-refractivity contribution is -0.136. The molecule has 2 aliphatic carbocycles. The van der Waals surface area contributed by atoms with Crippen molar-refractivity contribution in [2.75, 3.05) is 13.1 Å². The maximum absolute atomic E-state index is 14.2. The zero-order chi connectivity index (χ0) is 52.2. The minimum Gasteiger partial charge on any atom is -0.368 e. The molecule has 8 atom stereocenters. The number of hydrogen-bond donors (Lipinski definition) is 3. The average molecular weight is 1030 g/mol. The summed E-state index contributed by atoms with van der Waals surface area (Å²) < 4.78 is 28.4. The number of primary amides is 1. The van der Waals surface area contributed by atoms with Crippen LogP contribution in [0.2, 0.25) is 10.0 Å². The van der Waals surface area contributed by atoms with Crippen molar-refractivity contribution in [2.45, 2.75) is 100 Å². The maximum Gasteiger partial charge on any atom is 0.247 e. The van der Waals surface area contributed by atoms with Crippen LogP contribution in [0.5, 0.6) is 0 Å². The molecule has 4 aromatic carbocycles. The van der Waals surface area contributed by atoms with Crippen LogP contribution in [-0.2, 0) is 33.6 Å². The number of nitrogens with zero attached hydrogens (tertiary/aromatic N) is 3. The third-order valence-corrected chi connectivity index (χ3v) is 14.6. The number of benzene rings is 4. The highest BCUT2D eigenvalue weighted by molar-refractivity contribution is 6.30. The van der Waals surface area contributed by atoms with Gasteiger partial charge in [0.15, 0.2) is 0 Å². The van der Waals surface area contributed by atoms with Gasteiger partial charge in [-0.25, -0.2) is 8.78 Å². The fourth-order valence-electron chi connectivity index (χ4n) is 10.1. The third kappa shape index (κ3) is 14.1. The van der Waals surface area contributed by atoms with Crippen LogP contribution in [0.3, 0.4) is 0 Å². The first-order valence-corrected chi connectivity index (χ1v) is 25.2. The van der Waals surface area contributed by atoms with Gasteiger partial charge in [-0.05, 0) is 98.9 Å². The van der Waals surface area contributed by atoms with Crippen LogP contribution in [0.15, 0.2) is 109 Å². The van der Waals surface area contributed by atoms with Crippen LogP contribution in [0.25, 0.3) is 12.2 Å². The van der Waals surface area contributed by atoms with Crippen LogP contribution >= 0.6 is 23.2 Å². The number of hydrogen-bond acceptors (Lipinski definition) is 8. The molecule has 4 fully saturated rings. The van der Waals surface area contributed by atoms with Gasteiger partial charge in [0.05, 0.1) is 6.07 Å². The molecule has 13 nitrogen and oxygen atoms in total. The van der Waals surface area contributed by atoms with Crippen molar-refractivity contribution in [3.05, 3.63) is 153 Å². The highest BCUT2D eigenvalue weighted by Crippen LogP contribution is 2.35. The minimum atomic E-state index is -1.01. The largest absolute Gasteiger partial charge is 0.368 e. The molecule has 8 rings (SSSR count). The van der Waals surface area contributed by atoms with E-state index >= 15 is 0 Å². The van der Waals surface area contributed by atoms with Crippen molar-refractivity contribution in [3.8, 4) is 6.07 Å². The van der Waals surface area contributed by atoms with Gasteiger partial charge in [-0.1, -0.05) is 96.0 Å². The molecule has 0 unspecified atom stereocenters. The standard InChI is InChI=1S/C28H29ClFN3O4.C28H27ClFN3O3/c29-21-11-9-18(22(30)15-21)10-12-26(35)33-16-20(17-5-2-1-3-6-17)14-24(33)28(37)32-23(27(31)36)13-19-7-4-8-25(19)34;29-22-11-9-19(24(30)15-22)10-12-27(35)33-17-21(18-5-2-1-3-6-18)14-25(33)28(36)32-23(16-31)13-20-7-4-8-26(20)34/h1-3,5-6,9-12,15,19-20,23-24H,4,7-8,13-14,16H2,(H2,31,36)(H,32,37);1-3,5-6,9-12,15,20-21,23,25H,4,7-8,13-14,17H2,(H,32,36)/b2*12-10+/t19-,20+,23-,24-;20-,21+,23-,25-/m00/s1. The summed E-state index contributed by atoms with van der Waals surface area (Å²) in [6.07, 6.45) is 10.3. The zero-order valence-electron chi connectivity index (χ0n) is 39.9. The fourth-order valence-corrected chi connectivity index (χ4v) is 10.5. The van der Waals surface area contributed by atoms with Gasteiger partial charge in [-0.15, -0.1) is 0 Å². The molecule has 2 heterocycles. The summed E-state index contributed by atoms with van der Waals surface area (Å²) in [6, 6.07) is 26.1. The zero-order valence-corrected chi connectivity index (χ0v) is 41.5. The predicted octanol–water partition coefficient (Wildman–Crippen LogP) is 8.25. The summed E-state index contributed by atoms with van der Waals surface area (Å²) >= 11 is 11.6. The highest BCUT2D eigenvalue weighted by Gasteiger charge is 2.42. The van der Waals surface area contributed by atoms with Crippen molar-refractivity contribution in [1.29, 1.82) is 5.26 Å². The van der Waals surface area contributed by atoms with Crippen LogP contribution in [-0.4, -0.2) is 88.2 Å². The Morgan fingerprint density at radius 2 is 1.11 bits per heavy atom. The maximum atomic E-state index is 14.2. The number of nitrogens with one attached hydrogen (secondary N) is 2. The molecule has 73 heavy (non-hydrogen) atoms. The molecular weight excluding hydrogens is 978 g/mol. The Hall–Kier alpha value is -7.02. The summed E-state index contributed by atoms with van der Waals surface area (Å²) in [7, 11) is 0. The van der Waals surface area contributed by atoms with E-state index in [0.717, 1.165) is 36.5 Å². The summed E-state index contributed by atoms with van der Waals surface area (Å²) in [5.41, 5.74) is 7.93. The van der Waals surface area contributed by atoms with Crippen LogP contribution in [0, 0.1) is 34.8 Å². The first-order valence-electron chi connectivity index (χ1n) is 24.4. The smallest absolute Gasteiger partial charge is 0.247 e. The summed E-state index contributed by atoms with van der Waals surface area (Å²) in [5, 5.41) is 15.6. The van der Waals surface area contributed by atoms with Crippen LogP contribution < -0.4 is 16.4 Å². The number of carbonyl (C=O) groups excluding carboxylic acids is 7. The van der Waals surface area contributed by atoms with Crippen LogP contribution in [0.4, 0.5) is 8.78 Å². The number of carbonyl (C=O) groups is 7. The lowest BCUT2D eigenvalue weighted by Crippen LogP contribution is -2.52. The molecule has 5 amide bonds. The Morgan fingerprint density at radius 1 is 0.671 bits per heavy atom. The first-order chi connectivity index (χ1) is 35.1. The van der Waals surface area contributed by atoms with Gasteiger partial charge in [-0.2, -0.15) is 5.26 Å². The normalized spacial score (nSPS) is 22.5. The Balaban J connectivity index is 0.000000214. The van der Waals surface area contributed by atoms with Gasteiger partial charge in [0.25, 0.3) is 0 Å². The lowest BCUT2D eigenvalue weighted by Gasteiger charge is -2.25. The Labute approximate surface area is 432 Å². The number of Topliss-reactive ketones (excluding diaryl/α,β-unsaturated/α-hetero) is 2. The Morgan fingerprint density at radius 3 is 1.51 bits per heavy atom. The van der Waals surface area contributed by atoms with E-state index in [1.807, 2.05) is 60.7 Å². The molecule has 0 aromatic heterocycles. The number of nitriles is 1. The van der Waals surface area contributed by atoms with Crippen molar-refractivity contribution in [3.63, 3.8) is 0 Å². The lowest BCUT2D eigenvalue weighted by atomic mass is 9.95. The van der Waals surface area contributed by atoms with Crippen molar-refractivity contribution < 1.29 is 42.3 Å². The molecule has 2 saturated heterocycles. The molecule has 4 aliphatic rings. The second kappa shape index (κ2) is 25.1. The Bertz CT molecular complexity index is 2810. The summed E-state index contributed by atoms with van der Waals surface area (Å²) in [4.78, 5) is 92.2. The van der Waals surface area contributed by atoms with Crippen molar-refractivity contribution in [2.24, 2.45) is 17.6 Å². The molecule has 4 aromatic rings. The molecule has 0 radical (unpaired) electrons. The van der Waals surface area contributed by atoms with E-state index in [2.05, 4.69) is 16.7 Å². The molecule has 0 spiro atoms. The monoisotopic (exact) mass is 1030 g/mol. The summed E-state index contributed by atoms with van der Waals surface area (Å²) in [6.45, 7) is 0.587. The number of ketones is 2. The topological polar surface area (TPSA) is 200 Å². The van der Waals surface area contributed by atoms with E-state index in [0.29, 0.717) is 38.6 Å². The molecule has 0 bridgehead atoms. The average Bonchev–Trinajstić information content (AvgIpc) is 4.21. The van der Waals surface area contributed by atoms with Gasteiger partial charge >= 0.3 is 0 Å². The number of amides is 5. The first kappa shape index (κ1) is 53.8. The number of rotatable bonds is 15. The number of halogens is 4. The second-order valence-electron chi connectivity index (χ2n) is 18.9. The molecule has 2 saturated carbocycles. The van der Waals surface area contributed by atoms with E-state index in [1.54, 1.807) is 0 Å². The van der Waals surface area contributed by atoms with Gasteiger partial charge < -0.3 is 26.2 Å². The van der Waals surface area contributed by atoms with Gasteiger partial charge in [0.2, 0.25) is 29.5 Å². The molecule has 17 heteroatoms. The summed E-state index contributed by atoms with van der Waals surface area (Å²) in [5.74, 6) is -4.17. The van der Waals surface area contributed by atoms with E-state index in [4.69, 9.17) is 28.9 Å². The SMILES string of the molecule is N#C[C@H](C[C@@H]1CCCC1=O)NC(=O)[C@@H]1C[C@@H](c2ccccc2)CN1C(=O)/C=C/c1ccc(Cl)cc1F.NC(=O)[C@H](C[C@@H]1CCCC1=O)NC(=O)[C@@H]1C[C@@H](c2ccccc2)CN1C(=O)/C=C/c1ccc(Cl)cc1F. The van der Waals surface area contributed by atoms with Gasteiger partial charge in [0, 0.05) is 82.9 Å². The van der Waals surface area contributed by atoms with E-state index < -0.39 is 65.3 Å². The van der Waals surface area contributed by atoms with E-state index in [-0.39, 0.29) is 75.8 Å². The van der Waals surface area contributed by atoms with Crippen molar-refractivity contribution >= 4 is 76.5 Å². The van der Waals surface area contributed by atoms with E-state index in [1.165, 1.54) is 64.4 Å². The van der Waals surface area contributed by atoms with Crippen LogP contribution in [0.1, 0.15) is 98.3 Å². The van der Waals surface area contributed by atoms with Crippen molar-refractivity contribution in [1.82, 2.24) is 20.4 Å². The predicted molar refractivity (Wildman–Crippen MR) is 272 cm³/mol. The van der Waals surface area contributed by atoms with E-state index in [9.17, 15) is 47.6 Å². The number of likely N-dealkylation sites (tertiary alicyclic amines) is 2. The fraction of sp³-hybridized carbons (Fsp3) is 0.357. The third-order valence-electron chi connectivity index (χ3n) is 14.1. The highest BCUT2D eigenvalue weighted by atomic mass is 35.5. The Kier molecular flexibility index (Phi) is 18.5. The minimum absolute atomic E-state index is 0.0662. The molecular formula is C56H56Cl2F2N6O7.